The van der Waals surface area contributed by atoms with Gasteiger partial charge in [0, 0.05) is 5.69 Å². The van der Waals surface area contributed by atoms with Crippen LogP contribution in [0.4, 0.5) is 10.1 Å². The van der Waals surface area contributed by atoms with Gasteiger partial charge >= 0.3 is 5.97 Å². The van der Waals surface area contributed by atoms with Crippen molar-refractivity contribution < 1.29 is 23.8 Å². The monoisotopic (exact) mass is 277 g/mol. The topological polar surface area (TPSA) is 75.6 Å². The predicted octanol–water partition coefficient (Wildman–Crippen LogP) is 1.42. The Morgan fingerprint density at radius 1 is 1.10 bits per heavy atom. The molecule has 0 unspecified atom stereocenters. The first-order valence-corrected chi connectivity index (χ1v) is 6.19. The lowest BCUT2D eigenvalue weighted by atomic mass is 9.82. The molecule has 2 aliphatic rings. The Morgan fingerprint density at radius 3 is 2.30 bits per heavy atom. The molecule has 1 aromatic rings. The van der Waals surface area contributed by atoms with E-state index in [9.17, 15) is 19.1 Å². The first-order valence-electron chi connectivity index (χ1n) is 6.19. The molecule has 1 saturated heterocycles. The van der Waals surface area contributed by atoms with Crippen LogP contribution in [0, 0.1) is 17.7 Å². The van der Waals surface area contributed by atoms with Crippen molar-refractivity contribution in [3.63, 3.8) is 0 Å². The first-order chi connectivity index (χ1) is 9.56. The number of carbonyl (C=O) groups excluding carboxylic acids is 1. The number of hydrogen-bond donors (Lipinski definition) is 2. The van der Waals surface area contributed by atoms with E-state index in [1.807, 2.05) is 0 Å². The highest BCUT2D eigenvalue weighted by Crippen LogP contribution is 2.39. The Balaban J connectivity index is 1.78. The molecule has 104 valence electrons. The minimum Gasteiger partial charge on any atom is -0.481 e. The van der Waals surface area contributed by atoms with Crippen molar-refractivity contribution in [1.29, 1.82) is 0 Å². The van der Waals surface area contributed by atoms with Crippen LogP contribution in [-0.2, 0) is 14.3 Å². The van der Waals surface area contributed by atoms with Crippen molar-refractivity contribution in [1.82, 2.24) is 0 Å². The summed E-state index contributed by atoms with van der Waals surface area (Å²) in [6, 6.07) is 5.29. The molecule has 2 N–H and O–H groups in total. The van der Waals surface area contributed by atoms with Gasteiger partial charge in [-0.2, -0.15) is 0 Å². The molecule has 20 heavy (non-hydrogen) atoms. The van der Waals surface area contributed by atoms with Crippen molar-refractivity contribution in [2.75, 3.05) is 5.32 Å². The molecule has 2 heterocycles. The second-order valence-electron chi connectivity index (χ2n) is 4.84. The number of hydrogen-bond acceptors (Lipinski definition) is 3. The SMILES string of the molecule is O=C(O)[C@@H]1[C@H](C(=O)Nc2ccc(F)cc2)[C@H]2C=C[C@@H]1O2. The zero-order valence-corrected chi connectivity index (χ0v) is 10.3. The zero-order chi connectivity index (χ0) is 14.3. The van der Waals surface area contributed by atoms with Crippen molar-refractivity contribution in [2.24, 2.45) is 11.8 Å². The van der Waals surface area contributed by atoms with Gasteiger partial charge in [-0.3, -0.25) is 9.59 Å². The van der Waals surface area contributed by atoms with E-state index in [1.54, 1.807) is 12.2 Å². The van der Waals surface area contributed by atoms with E-state index >= 15 is 0 Å². The summed E-state index contributed by atoms with van der Waals surface area (Å²) < 4.78 is 18.2. The van der Waals surface area contributed by atoms with Crippen LogP contribution in [0.5, 0.6) is 0 Å². The van der Waals surface area contributed by atoms with Gasteiger partial charge in [0.2, 0.25) is 5.91 Å². The van der Waals surface area contributed by atoms with Gasteiger partial charge in [-0.1, -0.05) is 12.2 Å². The van der Waals surface area contributed by atoms with E-state index in [-0.39, 0.29) is 0 Å². The fraction of sp³-hybridized carbons (Fsp3) is 0.286. The molecule has 6 heteroatoms. The van der Waals surface area contributed by atoms with Crippen LogP contribution in [0.1, 0.15) is 0 Å². The van der Waals surface area contributed by atoms with Crippen LogP contribution in [0.15, 0.2) is 36.4 Å². The molecule has 0 aromatic heterocycles. The van der Waals surface area contributed by atoms with Crippen molar-refractivity contribution in [2.45, 2.75) is 12.2 Å². The van der Waals surface area contributed by atoms with E-state index in [1.165, 1.54) is 24.3 Å². The molecule has 1 aromatic carbocycles. The van der Waals surface area contributed by atoms with Gasteiger partial charge in [0.1, 0.15) is 11.7 Å². The number of anilines is 1. The Hall–Kier alpha value is -2.21. The molecule has 2 aliphatic heterocycles. The Labute approximate surface area is 114 Å². The molecule has 1 amide bonds. The number of nitrogens with one attached hydrogen (secondary N) is 1. The third-order valence-electron chi connectivity index (χ3n) is 3.60. The standard InChI is InChI=1S/C14H12FNO4/c15-7-1-3-8(4-2-7)16-13(17)11-9-5-6-10(20-9)12(11)14(18)19/h1-6,9-12H,(H,16,17)(H,18,19)/t9-,10+,11-,12+/m1/s1. The molecule has 0 saturated carbocycles. The number of fused-ring (bicyclic) bond motifs is 2. The molecule has 4 atom stereocenters. The highest BCUT2D eigenvalue weighted by Gasteiger charge is 2.53. The molecular formula is C14H12FNO4. The third kappa shape index (κ3) is 2.08. The lowest BCUT2D eigenvalue weighted by Crippen LogP contribution is -2.39. The van der Waals surface area contributed by atoms with Gasteiger partial charge in [0.25, 0.3) is 0 Å². The van der Waals surface area contributed by atoms with Gasteiger partial charge in [0.15, 0.2) is 0 Å². The number of aliphatic carboxylic acids is 1. The lowest BCUT2D eigenvalue weighted by Gasteiger charge is -2.20. The van der Waals surface area contributed by atoms with Gasteiger partial charge in [0.05, 0.1) is 18.1 Å². The fourth-order valence-corrected chi connectivity index (χ4v) is 2.67. The van der Waals surface area contributed by atoms with E-state index in [0.717, 1.165) is 0 Å². The largest absolute Gasteiger partial charge is 0.481 e. The normalized spacial score (nSPS) is 30.4. The summed E-state index contributed by atoms with van der Waals surface area (Å²) in [4.78, 5) is 23.5. The van der Waals surface area contributed by atoms with Gasteiger partial charge in [-0.05, 0) is 24.3 Å². The van der Waals surface area contributed by atoms with Gasteiger partial charge < -0.3 is 15.2 Å². The summed E-state index contributed by atoms with van der Waals surface area (Å²) in [6.07, 6.45) is 2.31. The summed E-state index contributed by atoms with van der Waals surface area (Å²) in [7, 11) is 0. The Kier molecular flexibility index (Phi) is 3.02. The molecule has 1 fully saturated rings. The van der Waals surface area contributed by atoms with Crippen molar-refractivity contribution >= 4 is 17.6 Å². The molecule has 5 nitrogen and oxygen atoms in total. The first kappa shape index (κ1) is 12.8. The number of carboxylic acid groups (broad SMARTS) is 1. The highest BCUT2D eigenvalue weighted by atomic mass is 19.1. The second-order valence-corrected chi connectivity index (χ2v) is 4.84. The summed E-state index contributed by atoms with van der Waals surface area (Å²) in [5, 5.41) is 11.8. The Morgan fingerprint density at radius 2 is 1.70 bits per heavy atom. The summed E-state index contributed by atoms with van der Waals surface area (Å²) in [6.45, 7) is 0. The van der Waals surface area contributed by atoms with E-state index in [0.29, 0.717) is 5.69 Å². The fourth-order valence-electron chi connectivity index (χ4n) is 2.67. The lowest BCUT2D eigenvalue weighted by molar-refractivity contribution is -0.145. The summed E-state index contributed by atoms with van der Waals surface area (Å²) in [5.74, 6) is -3.54. The third-order valence-corrected chi connectivity index (χ3v) is 3.60. The summed E-state index contributed by atoms with van der Waals surface area (Å²) >= 11 is 0. The van der Waals surface area contributed by atoms with Crippen LogP contribution in [0.3, 0.4) is 0 Å². The molecule has 3 rings (SSSR count). The average molecular weight is 277 g/mol. The minimum absolute atomic E-state index is 0.405. The van der Waals surface area contributed by atoms with Crippen LogP contribution in [0.25, 0.3) is 0 Å². The van der Waals surface area contributed by atoms with Crippen LogP contribution < -0.4 is 5.32 Å². The quantitative estimate of drug-likeness (QED) is 0.819. The summed E-state index contributed by atoms with van der Waals surface area (Å²) in [5.41, 5.74) is 0.423. The molecule has 0 aliphatic carbocycles. The number of rotatable bonds is 3. The van der Waals surface area contributed by atoms with E-state index < -0.39 is 41.7 Å². The number of carbonyl (C=O) groups is 2. The number of carboxylic acids is 1. The van der Waals surface area contributed by atoms with E-state index in [4.69, 9.17) is 4.74 Å². The Bertz CT molecular complexity index is 583. The molecule has 0 radical (unpaired) electrons. The van der Waals surface area contributed by atoms with Gasteiger partial charge in [-0.25, -0.2) is 4.39 Å². The maximum absolute atomic E-state index is 12.8. The smallest absolute Gasteiger partial charge is 0.310 e. The van der Waals surface area contributed by atoms with Crippen LogP contribution in [-0.4, -0.2) is 29.2 Å². The maximum atomic E-state index is 12.8. The number of benzene rings is 1. The van der Waals surface area contributed by atoms with Gasteiger partial charge in [-0.15, -0.1) is 0 Å². The van der Waals surface area contributed by atoms with Crippen molar-refractivity contribution in [3.05, 3.63) is 42.2 Å². The number of ether oxygens (including phenoxy) is 1. The van der Waals surface area contributed by atoms with E-state index in [2.05, 4.69) is 5.32 Å². The van der Waals surface area contributed by atoms with Crippen molar-refractivity contribution in [3.8, 4) is 0 Å². The molecule has 0 spiro atoms. The average Bonchev–Trinajstić information content (AvgIpc) is 3.01. The number of amides is 1. The highest BCUT2D eigenvalue weighted by molar-refractivity contribution is 5.96. The minimum atomic E-state index is -1.05. The van der Waals surface area contributed by atoms with Crippen LogP contribution in [0.2, 0.25) is 0 Å². The predicted molar refractivity (Wildman–Crippen MR) is 67.4 cm³/mol. The second kappa shape index (κ2) is 4.72. The maximum Gasteiger partial charge on any atom is 0.310 e. The molecule has 2 bridgehead atoms. The zero-order valence-electron chi connectivity index (χ0n) is 10.3. The van der Waals surface area contributed by atoms with Crippen LogP contribution >= 0.6 is 0 Å². The molecular weight excluding hydrogens is 265 g/mol. The number of halogens is 1.